The van der Waals surface area contributed by atoms with Crippen LogP contribution in [0.4, 0.5) is 0 Å². The average Bonchev–Trinajstić information content (AvgIpc) is 3.27. The smallest absolute Gasteiger partial charge is 0.250 e. The zero-order valence-corrected chi connectivity index (χ0v) is 14.9. The SMILES string of the molecule is Cc1ccn2[nH]c(-c3ccc4ccccc4c3)c(C(=O)c3ccccc3)[n+]12. The molecular weight excluding hydrogens is 334 g/mol. The minimum atomic E-state index is -0.00295. The number of aromatic nitrogens is 3. The topological polar surface area (TPSA) is 41.4 Å². The van der Waals surface area contributed by atoms with Crippen LogP contribution in [0.15, 0.2) is 85.1 Å². The van der Waals surface area contributed by atoms with Crippen LogP contribution in [0.3, 0.4) is 0 Å². The van der Waals surface area contributed by atoms with E-state index < -0.39 is 0 Å². The van der Waals surface area contributed by atoms with Crippen LogP contribution in [-0.2, 0) is 0 Å². The minimum Gasteiger partial charge on any atom is -0.284 e. The number of aryl methyl sites for hydroxylation is 1. The number of aromatic amines is 1. The molecule has 5 aromatic rings. The van der Waals surface area contributed by atoms with Gasteiger partial charge in [-0.3, -0.25) is 4.79 Å². The molecule has 0 spiro atoms. The molecule has 3 aromatic carbocycles. The van der Waals surface area contributed by atoms with E-state index in [1.807, 2.05) is 70.8 Å². The van der Waals surface area contributed by atoms with E-state index in [1.165, 1.54) is 5.39 Å². The molecule has 0 unspecified atom stereocenters. The van der Waals surface area contributed by atoms with Crippen LogP contribution in [0.25, 0.3) is 22.0 Å². The first-order chi connectivity index (χ1) is 13.2. The molecule has 0 aliphatic carbocycles. The number of carbonyl (C=O) groups excluding carboxylic acids is 1. The second kappa shape index (κ2) is 5.95. The zero-order chi connectivity index (χ0) is 18.4. The molecular formula is C23H18N3O+. The average molecular weight is 352 g/mol. The molecule has 0 saturated heterocycles. The maximum Gasteiger partial charge on any atom is 0.250 e. The summed E-state index contributed by atoms with van der Waals surface area (Å²) in [6.07, 6.45) is 1.93. The van der Waals surface area contributed by atoms with E-state index in [0.717, 1.165) is 22.3 Å². The molecule has 4 nitrogen and oxygen atoms in total. The number of rotatable bonds is 3. The van der Waals surface area contributed by atoms with E-state index in [4.69, 9.17) is 0 Å². The number of fused-ring (bicyclic) bond motifs is 2. The number of H-pyrrole nitrogens is 1. The molecule has 0 bridgehead atoms. The Bertz CT molecular complexity index is 1300. The quantitative estimate of drug-likeness (QED) is 0.383. The van der Waals surface area contributed by atoms with Gasteiger partial charge in [-0.15, -0.1) is 4.52 Å². The van der Waals surface area contributed by atoms with E-state index in [0.29, 0.717) is 11.3 Å². The second-order valence-electron chi connectivity index (χ2n) is 6.71. The van der Waals surface area contributed by atoms with Crippen LogP contribution in [0.5, 0.6) is 0 Å². The van der Waals surface area contributed by atoms with Gasteiger partial charge in [-0.1, -0.05) is 65.3 Å². The maximum atomic E-state index is 13.4. The van der Waals surface area contributed by atoms with Gasteiger partial charge in [0.05, 0.1) is 6.20 Å². The molecule has 5 rings (SSSR count). The lowest BCUT2D eigenvalue weighted by Gasteiger charge is -2.02. The first kappa shape index (κ1) is 15.6. The van der Waals surface area contributed by atoms with Crippen molar-refractivity contribution < 1.29 is 9.31 Å². The van der Waals surface area contributed by atoms with Crippen LogP contribution in [0.1, 0.15) is 21.7 Å². The maximum absolute atomic E-state index is 13.4. The largest absolute Gasteiger partial charge is 0.284 e. The number of carbonyl (C=O) groups is 1. The highest BCUT2D eigenvalue weighted by Crippen LogP contribution is 2.26. The lowest BCUT2D eigenvalue weighted by molar-refractivity contribution is -0.625. The molecule has 0 radical (unpaired) electrons. The summed E-state index contributed by atoms with van der Waals surface area (Å²) in [7, 11) is 0. The summed E-state index contributed by atoms with van der Waals surface area (Å²) in [6, 6.07) is 25.9. The van der Waals surface area contributed by atoms with Gasteiger partial charge in [0.1, 0.15) is 5.69 Å². The monoisotopic (exact) mass is 352 g/mol. The molecule has 4 heteroatoms. The Balaban J connectivity index is 1.78. The van der Waals surface area contributed by atoms with E-state index in [-0.39, 0.29) is 5.78 Å². The molecule has 130 valence electrons. The van der Waals surface area contributed by atoms with Crippen LogP contribution in [0.2, 0.25) is 0 Å². The van der Waals surface area contributed by atoms with Crippen molar-refractivity contribution in [3.8, 4) is 11.3 Å². The highest BCUT2D eigenvalue weighted by molar-refractivity contribution is 6.10. The Morgan fingerprint density at radius 1 is 0.889 bits per heavy atom. The molecule has 0 amide bonds. The number of nitrogens with zero attached hydrogens (tertiary/aromatic N) is 2. The molecule has 1 N–H and O–H groups in total. The molecule has 0 aliphatic heterocycles. The fourth-order valence-electron chi connectivity index (χ4n) is 3.61. The summed E-state index contributed by atoms with van der Waals surface area (Å²) in [5, 5.41) is 5.70. The third-order valence-electron chi connectivity index (χ3n) is 4.97. The van der Waals surface area contributed by atoms with Crippen LogP contribution in [-0.4, -0.2) is 15.5 Å². The Hall–Kier alpha value is -3.66. The van der Waals surface area contributed by atoms with Gasteiger partial charge < -0.3 is 0 Å². The standard InChI is InChI=1S/C23H17N3O/c1-16-13-14-25-24-21(20-12-11-17-7-5-6-10-19(17)15-20)22(26(16)25)23(27)18-8-3-2-4-9-18/h2-15H,1H3/p+1. The van der Waals surface area contributed by atoms with Crippen LogP contribution < -0.4 is 4.52 Å². The highest BCUT2D eigenvalue weighted by atomic mass is 16.1. The fraction of sp³-hybridized carbons (Fsp3) is 0.0435. The first-order valence-corrected chi connectivity index (χ1v) is 8.93. The van der Waals surface area contributed by atoms with Crippen molar-refractivity contribution in [2.45, 2.75) is 6.92 Å². The summed E-state index contributed by atoms with van der Waals surface area (Å²) in [5.74, 6) is -0.00295. The third-order valence-corrected chi connectivity index (χ3v) is 4.97. The van der Waals surface area contributed by atoms with Crippen molar-refractivity contribution in [2.75, 3.05) is 0 Å². The molecule has 0 fully saturated rings. The summed E-state index contributed by atoms with van der Waals surface area (Å²) >= 11 is 0. The number of benzene rings is 3. The van der Waals surface area contributed by atoms with Gasteiger partial charge >= 0.3 is 0 Å². The Kier molecular flexibility index (Phi) is 3.44. The number of nitrogens with one attached hydrogen (secondary N) is 1. The summed E-state index contributed by atoms with van der Waals surface area (Å²) in [5.41, 5.74) is 4.12. The fourth-order valence-corrected chi connectivity index (χ4v) is 3.61. The molecule has 0 saturated carbocycles. The third kappa shape index (κ3) is 2.46. The first-order valence-electron chi connectivity index (χ1n) is 8.93. The van der Waals surface area contributed by atoms with Crippen molar-refractivity contribution >= 4 is 16.6 Å². The molecule has 0 atom stereocenters. The van der Waals surface area contributed by atoms with Crippen molar-refractivity contribution in [1.29, 1.82) is 0 Å². The van der Waals surface area contributed by atoms with Gasteiger partial charge in [-0.25, -0.2) is 0 Å². The highest BCUT2D eigenvalue weighted by Gasteiger charge is 2.29. The van der Waals surface area contributed by atoms with Crippen LogP contribution >= 0.6 is 0 Å². The van der Waals surface area contributed by atoms with E-state index in [2.05, 4.69) is 35.4 Å². The van der Waals surface area contributed by atoms with E-state index in [9.17, 15) is 4.79 Å². The minimum absolute atomic E-state index is 0.00295. The summed E-state index contributed by atoms with van der Waals surface area (Å²) in [6.45, 7) is 2.00. The zero-order valence-electron chi connectivity index (χ0n) is 14.9. The molecule has 27 heavy (non-hydrogen) atoms. The summed E-state index contributed by atoms with van der Waals surface area (Å²) < 4.78 is 3.79. The number of hydrogen-bond acceptors (Lipinski definition) is 1. The van der Waals surface area contributed by atoms with E-state index in [1.54, 1.807) is 0 Å². The second-order valence-corrected chi connectivity index (χ2v) is 6.71. The number of ketones is 1. The Morgan fingerprint density at radius 3 is 2.44 bits per heavy atom. The van der Waals surface area contributed by atoms with Crippen LogP contribution in [0, 0.1) is 6.92 Å². The van der Waals surface area contributed by atoms with Gasteiger partial charge in [0.25, 0.3) is 0 Å². The summed E-state index contributed by atoms with van der Waals surface area (Å²) in [4.78, 5) is 13.4. The molecule has 0 aliphatic rings. The van der Waals surface area contributed by atoms with Crippen molar-refractivity contribution in [1.82, 2.24) is 9.73 Å². The van der Waals surface area contributed by atoms with Crippen molar-refractivity contribution in [3.63, 3.8) is 0 Å². The number of hydrogen-bond donors (Lipinski definition) is 1. The normalized spacial score (nSPS) is 11.3. The van der Waals surface area contributed by atoms with Gasteiger partial charge in [0.15, 0.2) is 0 Å². The lowest BCUT2D eigenvalue weighted by atomic mass is 10.0. The van der Waals surface area contributed by atoms with Gasteiger partial charge in [-0.2, -0.15) is 5.10 Å². The lowest BCUT2D eigenvalue weighted by Crippen LogP contribution is -2.34. The predicted molar refractivity (Wildman–Crippen MR) is 105 cm³/mol. The van der Waals surface area contributed by atoms with Gasteiger partial charge in [0, 0.05) is 24.1 Å². The van der Waals surface area contributed by atoms with Gasteiger partial charge in [-0.05, 0) is 22.9 Å². The molecule has 2 aromatic heterocycles. The van der Waals surface area contributed by atoms with Crippen molar-refractivity contribution in [2.24, 2.45) is 0 Å². The predicted octanol–water partition coefficient (Wildman–Crippen LogP) is 4.21. The Labute approximate surface area is 156 Å². The molecule has 2 heterocycles. The van der Waals surface area contributed by atoms with Crippen molar-refractivity contribution in [3.05, 3.63) is 102 Å². The van der Waals surface area contributed by atoms with Gasteiger partial charge in [0.2, 0.25) is 17.2 Å². The Morgan fingerprint density at radius 2 is 1.63 bits per heavy atom. The van der Waals surface area contributed by atoms with E-state index >= 15 is 0 Å².